The van der Waals surface area contributed by atoms with E-state index in [1.54, 1.807) is 7.11 Å². The van der Waals surface area contributed by atoms with Crippen molar-refractivity contribution in [1.29, 1.82) is 0 Å². The van der Waals surface area contributed by atoms with Gasteiger partial charge in [0.1, 0.15) is 5.75 Å². The van der Waals surface area contributed by atoms with Gasteiger partial charge in [-0.05, 0) is 54.4 Å². The molecule has 1 heterocycles. The molecule has 1 aliphatic heterocycles. The van der Waals surface area contributed by atoms with Gasteiger partial charge < -0.3 is 10.5 Å². The average Bonchev–Trinajstić information content (AvgIpc) is 3.01. The smallest absolute Gasteiger partial charge is 0.119 e. The largest absolute Gasteiger partial charge is 0.497 e. The number of fused-ring (bicyclic) bond motifs is 1. The van der Waals surface area contributed by atoms with E-state index in [4.69, 9.17) is 10.5 Å². The summed E-state index contributed by atoms with van der Waals surface area (Å²) in [6.45, 7) is 5.69. The molecule has 0 aromatic heterocycles. The molecule has 3 rings (SSSR count). The first-order valence-electron chi connectivity index (χ1n) is 7.85. The molecule has 1 aliphatic carbocycles. The molecule has 1 saturated heterocycles. The molecule has 118 valence electrons. The second kappa shape index (κ2) is 6.99. The molecular formula is C17H27ClN2O. The summed E-state index contributed by atoms with van der Waals surface area (Å²) >= 11 is 0. The number of nitrogens with two attached hydrogens (primary N) is 1. The van der Waals surface area contributed by atoms with Crippen molar-refractivity contribution in [2.75, 3.05) is 20.2 Å². The maximum Gasteiger partial charge on any atom is 0.119 e. The van der Waals surface area contributed by atoms with Crippen LogP contribution in [0.5, 0.6) is 5.75 Å². The van der Waals surface area contributed by atoms with Crippen LogP contribution in [-0.4, -0.2) is 31.1 Å². The quantitative estimate of drug-likeness (QED) is 0.929. The fourth-order valence-electron chi connectivity index (χ4n) is 3.98. The van der Waals surface area contributed by atoms with Gasteiger partial charge in [0.25, 0.3) is 0 Å². The summed E-state index contributed by atoms with van der Waals surface area (Å²) < 4.78 is 5.33. The fourth-order valence-corrected chi connectivity index (χ4v) is 3.98. The van der Waals surface area contributed by atoms with Gasteiger partial charge in [-0.2, -0.15) is 0 Å². The van der Waals surface area contributed by atoms with Gasteiger partial charge in [-0.1, -0.05) is 13.0 Å². The molecule has 0 bridgehead atoms. The zero-order valence-corrected chi connectivity index (χ0v) is 13.9. The van der Waals surface area contributed by atoms with Gasteiger partial charge >= 0.3 is 0 Å². The number of hydrogen-bond donors (Lipinski definition) is 1. The van der Waals surface area contributed by atoms with Crippen molar-refractivity contribution in [2.24, 2.45) is 17.6 Å². The zero-order valence-electron chi connectivity index (χ0n) is 13.0. The Hall–Kier alpha value is -0.770. The van der Waals surface area contributed by atoms with Crippen molar-refractivity contribution >= 4 is 12.4 Å². The zero-order chi connectivity index (χ0) is 14.1. The van der Waals surface area contributed by atoms with Crippen molar-refractivity contribution in [3.05, 3.63) is 29.3 Å². The number of hydrogen-bond acceptors (Lipinski definition) is 3. The molecule has 1 aromatic carbocycles. The van der Waals surface area contributed by atoms with E-state index in [0.29, 0.717) is 6.04 Å². The predicted octanol–water partition coefficient (Wildman–Crippen LogP) is 2.85. The Bertz CT molecular complexity index is 480. The number of rotatable bonds is 4. The van der Waals surface area contributed by atoms with Gasteiger partial charge in [-0.15, -0.1) is 12.4 Å². The second-order valence-corrected chi connectivity index (χ2v) is 6.35. The highest BCUT2D eigenvalue weighted by Gasteiger charge is 2.40. The van der Waals surface area contributed by atoms with Crippen LogP contribution in [-0.2, 0) is 13.0 Å². The number of likely N-dealkylation sites (tertiary alicyclic amines) is 1. The third-order valence-corrected chi connectivity index (χ3v) is 5.18. The van der Waals surface area contributed by atoms with Crippen molar-refractivity contribution < 1.29 is 4.74 Å². The first kappa shape index (κ1) is 16.6. The minimum Gasteiger partial charge on any atom is -0.497 e. The molecule has 3 atom stereocenters. The maximum absolute atomic E-state index is 6.23. The molecular weight excluding hydrogens is 284 g/mol. The lowest BCUT2D eigenvalue weighted by molar-refractivity contribution is 0.297. The Morgan fingerprint density at radius 1 is 1.24 bits per heavy atom. The van der Waals surface area contributed by atoms with E-state index in [9.17, 15) is 0 Å². The SMILES string of the molecule is CCc1cc(OC)ccc1CN1CC2CCC(N)C2C1.Cl. The normalized spacial score (nSPS) is 28.2. The van der Waals surface area contributed by atoms with Crippen molar-refractivity contribution in [3.63, 3.8) is 0 Å². The molecule has 2 N–H and O–H groups in total. The lowest BCUT2D eigenvalue weighted by Crippen LogP contribution is -2.30. The number of aryl methyl sites for hydroxylation is 1. The summed E-state index contributed by atoms with van der Waals surface area (Å²) in [5.41, 5.74) is 9.08. The van der Waals surface area contributed by atoms with Gasteiger partial charge in [0.15, 0.2) is 0 Å². The Morgan fingerprint density at radius 2 is 2.05 bits per heavy atom. The summed E-state index contributed by atoms with van der Waals surface area (Å²) in [4.78, 5) is 2.59. The highest BCUT2D eigenvalue weighted by molar-refractivity contribution is 5.85. The van der Waals surface area contributed by atoms with E-state index in [2.05, 4.69) is 30.0 Å². The van der Waals surface area contributed by atoms with Crippen LogP contribution in [0, 0.1) is 11.8 Å². The van der Waals surface area contributed by atoms with Crippen molar-refractivity contribution in [2.45, 2.75) is 38.8 Å². The molecule has 0 spiro atoms. The Labute approximate surface area is 134 Å². The first-order valence-corrected chi connectivity index (χ1v) is 7.85. The minimum absolute atomic E-state index is 0. The van der Waals surface area contributed by atoms with Crippen LogP contribution in [0.25, 0.3) is 0 Å². The van der Waals surface area contributed by atoms with Crippen LogP contribution in [0.2, 0.25) is 0 Å². The van der Waals surface area contributed by atoms with E-state index in [0.717, 1.165) is 30.6 Å². The summed E-state index contributed by atoms with van der Waals surface area (Å²) in [5, 5.41) is 0. The number of halogens is 1. The average molecular weight is 311 g/mol. The van der Waals surface area contributed by atoms with Gasteiger partial charge in [0, 0.05) is 25.7 Å². The standard InChI is InChI=1S/C17H26N2O.ClH/c1-3-12-8-15(20-2)6-4-13(12)9-19-10-14-5-7-17(18)16(14)11-19;/h4,6,8,14,16-17H,3,5,7,9-11,18H2,1-2H3;1H. The van der Waals surface area contributed by atoms with E-state index < -0.39 is 0 Å². The number of methoxy groups -OCH3 is 1. The van der Waals surface area contributed by atoms with Gasteiger partial charge in [0.05, 0.1) is 7.11 Å². The van der Waals surface area contributed by atoms with E-state index in [-0.39, 0.29) is 12.4 Å². The van der Waals surface area contributed by atoms with Crippen molar-refractivity contribution in [1.82, 2.24) is 4.90 Å². The summed E-state index contributed by atoms with van der Waals surface area (Å²) in [7, 11) is 1.73. The Balaban J connectivity index is 0.00000161. The lowest BCUT2D eigenvalue weighted by atomic mass is 9.98. The maximum atomic E-state index is 6.23. The third-order valence-electron chi connectivity index (χ3n) is 5.18. The van der Waals surface area contributed by atoms with Gasteiger partial charge in [-0.25, -0.2) is 0 Å². The van der Waals surface area contributed by atoms with E-state index >= 15 is 0 Å². The van der Waals surface area contributed by atoms with Crippen LogP contribution in [0.4, 0.5) is 0 Å². The van der Waals surface area contributed by atoms with Crippen molar-refractivity contribution in [3.8, 4) is 5.75 Å². The molecule has 3 nitrogen and oxygen atoms in total. The van der Waals surface area contributed by atoms with E-state index in [1.165, 1.54) is 37.1 Å². The molecule has 4 heteroatoms. The van der Waals surface area contributed by atoms with Crippen LogP contribution in [0.3, 0.4) is 0 Å². The molecule has 1 saturated carbocycles. The number of benzene rings is 1. The first-order chi connectivity index (χ1) is 9.71. The monoisotopic (exact) mass is 310 g/mol. The minimum atomic E-state index is 0. The Morgan fingerprint density at radius 3 is 2.71 bits per heavy atom. The highest BCUT2D eigenvalue weighted by Crippen LogP contribution is 2.37. The number of ether oxygens (including phenoxy) is 1. The molecule has 0 amide bonds. The van der Waals surface area contributed by atoms with Crippen LogP contribution >= 0.6 is 12.4 Å². The summed E-state index contributed by atoms with van der Waals surface area (Å²) in [5.74, 6) is 2.54. The molecule has 2 fully saturated rings. The van der Waals surface area contributed by atoms with Gasteiger partial charge in [0.2, 0.25) is 0 Å². The molecule has 0 radical (unpaired) electrons. The lowest BCUT2D eigenvalue weighted by Gasteiger charge is -2.20. The van der Waals surface area contributed by atoms with E-state index in [1.807, 2.05) is 0 Å². The fraction of sp³-hybridized carbons (Fsp3) is 0.647. The predicted molar refractivity (Wildman–Crippen MR) is 89.1 cm³/mol. The summed E-state index contributed by atoms with van der Waals surface area (Å²) in [6.07, 6.45) is 3.62. The second-order valence-electron chi connectivity index (χ2n) is 6.35. The van der Waals surface area contributed by atoms with Crippen LogP contribution < -0.4 is 10.5 Å². The number of nitrogens with zero attached hydrogens (tertiary/aromatic N) is 1. The topological polar surface area (TPSA) is 38.5 Å². The molecule has 21 heavy (non-hydrogen) atoms. The third kappa shape index (κ3) is 3.36. The highest BCUT2D eigenvalue weighted by atomic mass is 35.5. The Kier molecular flexibility index (Phi) is 5.53. The molecule has 2 aliphatic rings. The molecule has 3 unspecified atom stereocenters. The van der Waals surface area contributed by atoms with Crippen LogP contribution in [0.15, 0.2) is 18.2 Å². The molecule has 1 aromatic rings. The summed E-state index contributed by atoms with van der Waals surface area (Å²) in [6, 6.07) is 6.92. The van der Waals surface area contributed by atoms with Gasteiger partial charge in [-0.3, -0.25) is 4.90 Å². The van der Waals surface area contributed by atoms with Crippen LogP contribution in [0.1, 0.15) is 30.9 Å².